The van der Waals surface area contributed by atoms with E-state index in [4.69, 9.17) is 4.18 Å². The van der Waals surface area contributed by atoms with Crippen molar-refractivity contribution in [3.63, 3.8) is 0 Å². The molecule has 0 amide bonds. The van der Waals surface area contributed by atoms with Crippen LogP contribution in [0.4, 0.5) is 0 Å². The molecule has 3 aliphatic rings. The summed E-state index contributed by atoms with van der Waals surface area (Å²) in [6, 6.07) is 24.0. The van der Waals surface area contributed by atoms with Gasteiger partial charge in [0.15, 0.2) is 0 Å². The van der Waals surface area contributed by atoms with Crippen LogP contribution in [0.1, 0.15) is 46.6 Å². The van der Waals surface area contributed by atoms with E-state index in [1.54, 1.807) is 24.3 Å². The van der Waals surface area contributed by atoms with Crippen LogP contribution in [0.15, 0.2) is 77.7 Å². The third-order valence-corrected chi connectivity index (χ3v) is 7.98. The molecule has 2 bridgehead atoms. The maximum absolute atomic E-state index is 12.8. The van der Waals surface area contributed by atoms with E-state index in [0.29, 0.717) is 5.92 Å². The van der Waals surface area contributed by atoms with Crippen molar-refractivity contribution >= 4 is 10.1 Å². The number of rotatable bonds is 4. The minimum absolute atomic E-state index is 0.116. The van der Waals surface area contributed by atoms with Gasteiger partial charge in [-0.25, -0.2) is 0 Å². The number of hydrogen-bond donors (Lipinski definition) is 0. The van der Waals surface area contributed by atoms with Crippen LogP contribution in [0, 0.1) is 18.8 Å². The fourth-order valence-corrected chi connectivity index (χ4v) is 6.20. The molecule has 6 rings (SSSR count). The van der Waals surface area contributed by atoms with Gasteiger partial charge in [0.05, 0.1) is 11.5 Å². The van der Waals surface area contributed by atoms with Crippen LogP contribution in [0.3, 0.4) is 0 Å². The molecule has 3 aromatic carbocycles. The maximum atomic E-state index is 12.8. The molecule has 148 valence electrons. The van der Waals surface area contributed by atoms with Crippen LogP contribution in [0.2, 0.25) is 0 Å². The summed E-state index contributed by atoms with van der Waals surface area (Å²) in [4.78, 5) is 0.220. The van der Waals surface area contributed by atoms with E-state index in [0.717, 1.165) is 5.56 Å². The highest BCUT2D eigenvalue weighted by atomic mass is 32.2. The lowest BCUT2D eigenvalue weighted by Crippen LogP contribution is -2.41. The Morgan fingerprint density at radius 3 is 1.76 bits per heavy atom. The summed E-state index contributed by atoms with van der Waals surface area (Å²) in [5.74, 6) is 0.863. The third-order valence-electron chi connectivity index (χ3n) is 6.69. The van der Waals surface area contributed by atoms with Crippen molar-refractivity contribution in [3.8, 4) is 0 Å². The van der Waals surface area contributed by atoms with E-state index >= 15 is 0 Å². The molecule has 4 heteroatoms. The Hall–Kier alpha value is -2.43. The summed E-state index contributed by atoms with van der Waals surface area (Å²) in [5, 5.41) is 0. The van der Waals surface area contributed by atoms with Crippen LogP contribution in [0.5, 0.6) is 0 Å². The fraction of sp³-hybridized carbons (Fsp3) is 0.280. The highest BCUT2D eigenvalue weighted by Crippen LogP contribution is 2.58. The number of aryl methyl sites for hydroxylation is 1. The molecule has 3 aromatic rings. The molecule has 0 radical (unpaired) electrons. The number of hydrogen-bond acceptors (Lipinski definition) is 3. The largest absolute Gasteiger partial charge is 0.296 e. The molecule has 0 fully saturated rings. The summed E-state index contributed by atoms with van der Waals surface area (Å²) in [5.41, 5.74) is 6.41. The lowest BCUT2D eigenvalue weighted by Gasteiger charge is -2.49. The van der Waals surface area contributed by atoms with Crippen LogP contribution >= 0.6 is 0 Å². The van der Waals surface area contributed by atoms with E-state index in [-0.39, 0.29) is 29.3 Å². The molecule has 0 saturated carbocycles. The van der Waals surface area contributed by atoms with Crippen molar-refractivity contribution < 1.29 is 12.6 Å². The van der Waals surface area contributed by atoms with Crippen LogP contribution in [-0.2, 0) is 14.3 Å². The predicted octanol–water partition coefficient (Wildman–Crippen LogP) is 5.24. The minimum atomic E-state index is -3.77. The summed E-state index contributed by atoms with van der Waals surface area (Å²) in [6.07, 6.45) is 0. The Morgan fingerprint density at radius 2 is 1.24 bits per heavy atom. The van der Waals surface area contributed by atoms with Gasteiger partial charge in [0, 0.05) is 11.8 Å². The highest BCUT2D eigenvalue weighted by Gasteiger charge is 2.48. The SMILES string of the molecule is Cc1ccc(S(=O)(=O)OC[C@@H]2C3c4ccccc4C(c4ccccc43)[C@H]2C)cc1. The first-order valence-electron chi connectivity index (χ1n) is 10.1. The summed E-state index contributed by atoms with van der Waals surface area (Å²) < 4.78 is 31.2. The van der Waals surface area contributed by atoms with Gasteiger partial charge in [-0.15, -0.1) is 0 Å². The van der Waals surface area contributed by atoms with Crippen LogP contribution in [0.25, 0.3) is 0 Å². The molecule has 0 aromatic heterocycles. The van der Waals surface area contributed by atoms with Gasteiger partial charge in [-0.05, 0) is 53.1 Å². The van der Waals surface area contributed by atoms with Gasteiger partial charge >= 0.3 is 0 Å². The number of fused-ring (bicyclic) bond motifs is 1. The lowest BCUT2D eigenvalue weighted by molar-refractivity contribution is 0.157. The second-order valence-electron chi connectivity index (χ2n) is 8.29. The van der Waals surface area contributed by atoms with E-state index in [1.807, 2.05) is 6.92 Å². The Labute approximate surface area is 172 Å². The Kier molecular flexibility index (Phi) is 4.37. The molecule has 0 saturated heterocycles. The standard InChI is InChI=1S/C25H24O3S/c1-16-11-13-18(14-12-16)29(26,27)28-15-23-17(2)24-19-7-3-5-9-21(19)25(23)22-10-6-4-8-20(22)24/h3-14,17,23-25H,15H2,1-2H3/t17-,23-,24?,25?/m0/s1. The number of benzene rings is 3. The summed E-state index contributed by atoms with van der Waals surface area (Å²) >= 11 is 0. The van der Waals surface area contributed by atoms with Gasteiger partial charge in [0.25, 0.3) is 10.1 Å². The predicted molar refractivity (Wildman–Crippen MR) is 114 cm³/mol. The molecule has 3 aliphatic carbocycles. The molecule has 0 spiro atoms. The van der Waals surface area contributed by atoms with E-state index in [1.165, 1.54) is 22.3 Å². The zero-order chi connectivity index (χ0) is 20.2. The van der Waals surface area contributed by atoms with Crippen molar-refractivity contribution in [1.29, 1.82) is 0 Å². The minimum Gasteiger partial charge on any atom is -0.266 e. The molecular formula is C25H24O3S. The Balaban J connectivity index is 1.50. The van der Waals surface area contributed by atoms with E-state index in [9.17, 15) is 8.42 Å². The van der Waals surface area contributed by atoms with E-state index in [2.05, 4.69) is 55.5 Å². The Morgan fingerprint density at radius 1 is 0.759 bits per heavy atom. The zero-order valence-corrected chi connectivity index (χ0v) is 17.4. The molecule has 0 N–H and O–H groups in total. The molecule has 2 atom stereocenters. The summed E-state index contributed by atoms with van der Waals surface area (Å²) in [7, 11) is -3.77. The molecular weight excluding hydrogens is 380 g/mol. The molecule has 0 aliphatic heterocycles. The first-order chi connectivity index (χ1) is 14.0. The zero-order valence-electron chi connectivity index (χ0n) is 16.6. The normalized spacial score (nSPS) is 24.8. The van der Waals surface area contributed by atoms with Gasteiger partial charge < -0.3 is 0 Å². The van der Waals surface area contributed by atoms with E-state index < -0.39 is 10.1 Å². The smallest absolute Gasteiger partial charge is 0.266 e. The van der Waals surface area contributed by atoms with Gasteiger partial charge in [0.1, 0.15) is 0 Å². The molecule has 0 heterocycles. The summed E-state index contributed by atoms with van der Waals surface area (Å²) in [6.45, 7) is 4.36. The van der Waals surface area contributed by atoms with Crippen molar-refractivity contribution in [1.82, 2.24) is 0 Å². The third kappa shape index (κ3) is 2.93. The first-order valence-corrected chi connectivity index (χ1v) is 11.5. The molecule has 29 heavy (non-hydrogen) atoms. The van der Waals surface area contributed by atoms with Crippen LogP contribution < -0.4 is 0 Å². The van der Waals surface area contributed by atoms with Crippen molar-refractivity contribution in [2.24, 2.45) is 11.8 Å². The topological polar surface area (TPSA) is 43.4 Å². The van der Waals surface area contributed by atoms with Gasteiger partial charge in [-0.1, -0.05) is 73.2 Å². The van der Waals surface area contributed by atoms with Crippen molar-refractivity contribution in [3.05, 3.63) is 101 Å². The first kappa shape index (κ1) is 18.6. The van der Waals surface area contributed by atoms with Gasteiger partial charge in [-0.3, -0.25) is 4.18 Å². The van der Waals surface area contributed by atoms with Crippen LogP contribution in [-0.4, -0.2) is 15.0 Å². The fourth-order valence-electron chi connectivity index (χ4n) is 5.26. The monoisotopic (exact) mass is 404 g/mol. The second-order valence-corrected chi connectivity index (χ2v) is 9.90. The molecule has 3 nitrogen and oxygen atoms in total. The second kappa shape index (κ2) is 6.82. The van der Waals surface area contributed by atoms with Gasteiger partial charge in [0.2, 0.25) is 0 Å². The van der Waals surface area contributed by atoms with Crippen molar-refractivity contribution in [2.45, 2.75) is 30.6 Å². The average molecular weight is 405 g/mol. The quantitative estimate of drug-likeness (QED) is 0.558. The van der Waals surface area contributed by atoms with Crippen molar-refractivity contribution in [2.75, 3.05) is 6.61 Å². The van der Waals surface area contributed by atoms with Gasteiger partial charge in [-0.2, -0.15) is 8.42 Å². The molecule has 0 unspecified atom stereocenters. The average Bonchev–Trinajstić information content (AvgIpc) is 2.73. The highest BCUT2D eigenvalue weighted by molar-refractivity contribution is 7.86. The lowest BCUT2D eigenvalue weighted by atomic mass is 9.55. The Bertz CT molecular complexity index is 1120. The maximum Gasteiger partial charge on any atom is 0.296 e.